The van der Waals surface area contributed by atoms with E-state index in [1.807, 2.05) is 31.2 Å². The van der Waals surface area contributed by atoms with Crippen molar-refractivity contribution in [1.82, 2.24) is 14.6 Å². The Morgan fingerprint density at radius 1 is 1.25 bits per heavy atom. The molecule has 0 aliphatic heterocycles. The van der Waals surface area contributed by atoms with Gasteiger partial charge in [-0.25, -0.2) is 9.50 Å². The topological polar surface area (TPSA) is 48.7 Å². The Kier molecular flexibility index (Phi) is 3.31. The molecule has 2 aromatic heterocycles. The normalized spacial score (nSPS) is 10.8. The molecule has 0 saturated heterocycles. The van der Waals surface area contributed by atoms with Gasteiger partial charge in [-0.15, -0.1) is 0 Å². The van der Waals surface area contributed by atoms with Gasteiger partial charge in [-0.2, -0.15) is 5.10 Å². The lowest BCUT2D eigenvalue weighted by molar-refractivity contribution is 0.411. The van der Waals surface area contributed by atoms with Crippen molar-refractivity contribution in [1.29, 1.82) is 0 Å². The van der Waals surface area contributed by atoms with Crippen LogP contribution < -0.4 is 9.47 Å². The smallest absolute Gasteiger partial charge is 0.245 e. The van der Waals surface area contributed by atoms with Crippen molar-refractivity contribution in [3.63, 3.8) is 0 Å². The third-order valence-electron chi connectivity index (χ3n) is 2.82. The van der Waals surface area contributed by atoms with Crippen molar-refractivity contribution in [2.24, 2.45) is 0 Å². The van der Waals surface area contributed by atoms with Crippen LogP contribution in [0, 0.1) is 6.92 Å². The van der Waals surface area contributed by atoms with Gasteiger partial charge in [-0.3, -0.25) is 0 Å². The molecule has 1 aromatic carbocycles. The molecule has 6 heteroatoms. The molecular formula is C14H12BrN3O2. The second kappa shape index (κ2) is 5.13. The van der Waals surface area contributed by atoms with Gasteiger partial charge in [0.15, 0.2) is 0 Å². The first-order valence-electron chi connectivity index (χ1n) is 6.00. The Morgan fingerprint density at radius 3 is 2.85 bits per heavy atom. The van der Waals surface area contributed by atoms with Gasteiger partial charge in [0.05, 0.1) is 17.3 Å². The van der Waals surface area contributed by atoms with E-state index in [1.54, 1.807) is 24.0 Å². The summed E-state index contributed by atoms with van der Waals surface area (Å²) in [5.74, 6) is 1.94. The Bertz CT molecular complexity index is 770. The van der Waals surface area contributed by atoms with E-state index < -0.39 is 0 Å². The van der Waals surface area contributed by atoms with E-state index in [4.69, 9.17) is 9.47 Å². The van der Waals surface area contributed by atoms with Crippen molar-refractivity contribution < 1.29 is 9.47 Å². The molecule has 102 valence electrons. The summed E-state index contributed by atoms with van der Waals surface area (Å²) in [5.41, 5.74) is 1.74. The van der Waals surface area contributed by atoms with Gasteiger partial charge in [0.2, 0.25) is 5.88 Å². The second-order valence-electron chi connectivity index (χ2n) is 4.25. The summed E-state index contributed by atoms with van der Waals surface area (Å²) in [4.78, 5) is 4.26. The maximum absolute atomic E-state index is 5.86. The third kappa shape index (κ3) is 2.34. The predicted molar refractivity (Wildman–Crippen MR) is 78.5 cm³/mol. The van der Waals surface area contributed by atoms with E-state index in [2.05, 4.69) is 26.0 Å². The Morgan fingerprint density at radius 2 is 2.10 bits per heavy atom. The number of hydrogen-bond acceptors (Lipinski definition) is 4. The molecule has 5 nitrogen and oxygen atoms in total. The third-order valence-corrected chi connectivity index (χ3v) is 3.44. The van der Waals surface area contributed by atoms with E-state index in [-0.39, 0.29) is 0 Å². The van der Waals surface area contributed by atoms with Crippen LogP contribution in [0.2, 0.25) is 0 Å². The minimum Gasteiger partial charge on any atom is -0.497 e. The first-order valence-corrected chi connectivity index (χ1v) is 6.79. The van der Waals surface area contributed by atoms with E-state index >= 15 is 0 Å². The van der Waals surface area contributed by atoms with Crippen LogP contribution in [0.5, 0.6) is 17.4 Å². The fourth-order valence-corrected chi connectivity index (χ4v) is 2.33. The predicted octanol–water partition coefficient (Wildman–Crippen LogP) is 3.60. The zero-order valence-electron chi connectivity index (χ0n) is 11.0. The van der Waals surface area contributed by atoms with Gasteiger partial charge in [0, 0.05) is 12.4 Å². The van der Waals surface area contributed by atoms with E-state index in [9.17, 15) is 0 Å². The number of aryl methyl sites for hydroxylation is 1. The number of aromatic nitrogens is 3. The van der Waals surface area contributed by atoms with Crippen LogP contribution in [0.3, 0.4) is 0 Å². The summed E-state index contributed by atoms with van der Waals surface area (Å²) in [6.07, 6.45) is 3.45. The van der Waals surface area contributed by atoms with Crippen LogP contribution >= 0.6 is 15.9 Å². The largest absolute Gasteiger partial charge is 0.497 e. The highest BCUT2D eigenvalue weighted by atomic mass is 79.9. The fourth-order valence-electron chi connectivity index (χ4n) is 1.89. The van der Waals surface area contributed by atoms with Crippen LogP contribution in [0.15, 0.2) is 41.1 Å². The molecule has 0 spiro atoms. The lowest BCUT2D eigenvalue weighted by Gasteiger charge is -2.09. The molecule has 20 heavy (non-hydrogen) atoms. The molecule has 0 radical (unpaired) electrons. The molecular weight excluding hydrogens is 322 g/mol. The zero-order valence-corrected chi connectivity index (χ0v) is 12.6. The second-order valence-corrected chi connectivity index (χ2v) is 5.10. The van der Waals surface area contributed by atoms with Gasteiger partial charge < -0.3 is 9.47 Å². The van der Waals surface area contributed by atoms with E-state index in [1.165, 1.54) is 0 Å². The Labute approximate surface area is 124 Å². The van der Waals surface area contributed by atoms with Crippen LogP contribution in [-0.4, -0.2) is 21.7 Å². The summed E-state index contributed by atoms with van der Waals surface area (Å²) in [7, 11) is 1.62. The molecule has 0 unspecified atom stereocenters. The number of nitrogens with zero attached hydrogens (tertiary/aromatic N) is 3. The molecule has 0 saturated carbocycles. The molecule has 0 atom stereocenters. The quantitative estimate of drug-likeness (QED) is 0.734. The van der Waals surface area contributed by atoms with Crippen LogP contribution in [-0.2, 0) is 0 Å². The van der Waals surface area contributed by atoms with Crippen molar-refractivity contribution in [2.75, 3.05) is 7.11 Å². The van der Waals surface area contributed by atoms with Gasteiger partial charge in [0.1, 0.15) is 17.0 Å². The molecule has 3 rings (SSSR count). The first-order chi connectivity index (χ1) is 9.67. The molecule has 0 amide bonds. The van der Waals surface area contributed by atoms with Crippen LogP contribution in [0.4, 0.5) is 0 Å². The SMILES string of the molecule is COc1ccc(Oc2nccn3nc(C)cc23)c(Br)c1. The zero-order chi connectivity index (χ0) is 14.1. The van der Waals surface area contributed by atoms with Crippen molar-refractivity contribution in [2.45, 2.75) is 6.92 Å². The summed E-state index contributed by atoms with van der Waals surface area (Å²) >= 11 is 3.46. The molecule has 0 N–H and O–H groups in total. The van der Waals surface area contributed by atoms with Gasteiger partial charge >= 0.3 is 0 Å². The van der Waals surface area contributed by atoms with E-state index in [0.717, 1.165) is 21.4 Å². The first kappa shape index (κ1) is 12.9. The van der Waals surface area contributed by atoms with Crippen molar-refractivity contribution in [3.05, 3.63) is 46.8 Å². The molecule has 2 heterocycles. The number of fused-ring (bicyclic) bond motifs is 1. The minimum absolute atomic E-state index is 0.513. The number of ether oxygens (including phenoxy) is 2. The highest BCUT2D eigenvalue weighted by molar-refractivity contribution is 9.10. The number of benzene rings is 1. The number of halogens is 1. The number of rotatable bonds is 3. The van der Waals surface area contributed by atoms with Crippen LogP contribution in [0.1, 0.15) is 5.69 Å². The average molecular weight is 334 g/mol. The summed E-state index contributed by atoms with van der Waals surface area (Å²) < 4.78 is 13.6. The standard InChI is InChI=1S/C14H12BrN3O2/c1-9-7-12-14(16-5-6-18(12)17-9)20-13-4-3-10(19-2)8-11(13)15/h3-8H,1-2H3. The highest BCUT2D eigenvalue weighted by Crippen LogP contribution is 2.33. The summed E-state index contributed by atoms with van der Waals surface area (Å²) in [5, 5.41) is 4.33. The number of methoxy groups -OCH3 is 1. The van der Waals surface area contributed by atoms with Gasteiger partial charge in [-0.1, -0.05) is 0 Å². The van der Waals surface area contributed by atoms with Crippen LogP contribution in [0.25, 0.3) is 5.52 Å². The average Bonchev–Trinajstić information content (AvgIpc) is 2.82. The lowest BCUT2D eigenvalue weighted by Crippen LogP contribution is -1.94. The molecule has 0 aliphatic rings. The highest BCUT2D eigenvalue weighted by Gasteiger charge is 2.10. The van der Waals surface area contributed by atoms with Crippen molar-refractivity contribution in [3.8, 4) is 17.4 Å². The summed E-state index contributed by atoms with van der Waals surface area (Å²) in [6.45, 7) is 1.93. The minimum atomic E-state index is 0.513. The molecule has 0 fully saturated rings. The maximum atomic E-state index is 5.86. The number of hydrogen-bond donors (Lipinski definition) is 0. The molecule has 0 bridgehead atoms. The Hall–Kier alpha value is -2.08. The Balaban J connectivity index is 2.01. The molecule has 0 aliphatic carbocycles. The summed E-state index contributed by atoms with van der Waals surface area (Å²) in [6, 6.07) is 7.44. The maximum Gasteiger partial charge on any atom is 0.245 e. The van der Waals surface area contributed by atoms with Gasteiger partial charge in [-0.05, 0) is 47.1 Å². The van der Waals surface area contributed by atoms with Gasteiger partial charge in [0.25, 0.3) is 0 Å². The monoisotopic (exact) mass is 333 g/mol. The van der Waals surface area contributed by atoms with E-state index in [0.29, 0.717) is 11.6 Å². The lowest BCUT2D eigenvalue weighted by atomic mass is 10.3. The fraction of sp³-hybridized carbons (Fsp3) is 0.143. The van der Waals surface area contributed by atoms with Crippen molar-refractivity contribution >= 4 is 21.4 Å². The molecule has 3 aromatic rings.